The van der Waals surface area contributed by atoms with Crippen LogP contribution in [-0.2, 0) is 0 Å². The van der Waals surface area contributed by atoms with Gasteiger partial charge in [0.05, 0.1) is 0 Å². The molecule has 2 nitrogen and oxygen atoms in total. The average molecular weight is 246 g/mol. The minimum atomic E-state index is 0.592. The molecule has 1 atom stereocenters. The summed E-state index contributed by atoms with van der Waals surface area (Å²) in [5.41, 5.74) is 2.83. The SMILES string of the molecule is C=C=CC[C@@H](C/C=C/C)CSc1ncccn1. The highest BCUT2D eigenvalue weighted by Crippen LogP contribution is 2.21. The van der Waals surface area contributed by atoms with Crippen molar-refractivity contribution in [1.29, 1.82) is 0 Å². The predicted octanol–water partition coefficient (Wildman–Crippen LogP) is 3.88. The summed E-state index contributed by atoms with van der Waals surface area (Å²) in [6.07, 6.45) is 11.9. The van der Waals surface area contributed by atoms with Crippen LogP contribution in [0.2, 0.25) is 0 Å². The molecule has 0 spiro atoms. The van der Waals surface area contributed by atoms with Crippen molar-refractivity contribution >= 4 is 11.8 Å². The maximum Gasteiger partial charge on any atom is 0.187 e. The molecule has 17 heavy (non-hydrogen) atoms. The first-order valence-corrected chi connectivity index (χ1v) is 6.70. The van der Waals surface area contributed by atoms with E-state index in [9.17, 15) is 0 Å². The van der Waals surface area contributed by atoms with Crippen LogP contribution >= 0.6 is 11.8 Å². The molecule has 1 aromatic heterocycles. The van der Waals surface area contributed by atoms with Crippen LogP contribution in [-0.4, -0.2) is 15.7 Å². The zero-order valence-corrected chi connectivity index (χ0v) is 11.0. The van der Waals surface area contributed by atoms with Gasteiger partial charge >= 0.3 is 0 Å². The molecule has 0 radical (unpaired) electrons. The molecular weight excluding hydrogens is 228 g/mol. The van der Waals surface area contributed by atoms with Gasteiger partial charge in [0.15, 0.2) is 5.16 Å². The summed E-state index contributed by atoms with van der Waals surface area (Å²) in [4.78, 5) is 8.41. The molecule has 0 unspecified atom stereocenters. The van der Waals surface area contributed by atoms with Crippen LogP contribution < -0.4 is 0 Å². The molecule has 3 heteroatoms. The summed E-state index contributed by atoms with van der Waals surface area (Å²) in [7, 11) is 0. The molecule has 1 heterocycles. The zero-order valence-electron chi connectivity index (χ0n) is 10.2. The van der Waals surface area contributed by atoms with E-state index in [1.165, 1.54) is 0 Å². The molecule has 0 aromatic carbocycles. The third-order valence-corrected chi connectivity index (χ3v) is 3.40. The molecule has 1 aromatic rings. The Morgan fingerprint density at radius 2 is 2.18 bits per heavy atom. The largest absolute Gasteiger partial charge is 0.231 e. The van der Waals surface area contributed by atoms with Gasteiger partial charge < -0.3 is 0 Å². The Bertz CT molecular complexity index is 380. The fourth-order valence-electron chi connectivity index (χ4n) is 1.36. The van der Waals surface area contributed by atoms with Gasteiger partial charge in [-0.25, -0.2) is 9.97 Å². The van der Waals surface area contributed by atoms with Crippen LogP contribution in [0.1, 0.15) is 19.8 Å². The van der Waals surface area contributed by atoms with Gasteiger partial charge in [0, 0.05) is 18.1 Å². The Hall–Kier alpha value is -1.31. The second-order valence-electron chi connectivity index (χ2n) is 3.66. The van der Waals surface area contributed by atoms with Gasteiger partial charge in [0.25, 0.3) is 0 Å². The highest BCUT2D eigenvalue weighted by atomic mass is 32.2. The van der Waals surface area contributed by atoms with E-state index in [0.29, 0.717) is 5.92 Å². The molecule has 0 amide bonds. The van der Waals surface area contributed by atoms with Crippen molar-refractivity contribution in [2.75, 3.05) is 5.75 Å². The number of rotatable bonds is 7. The average Bonchev–Trinajstić information content (AvgIpc) is 2.39. The molecule has 0 aliphatic rings. The second-order valence-corrected chi connectivity index (χ2v) is 4.64. The van der Waals surface area contributed by atoms with Crippen molar-refractivity contribution in [1.82, 2.24) is 9.97 Å². The van der Waals surface area contributed by atoms with Gasteiger partial charge in [-0.2, -0.15) is 0 Å². The van der Waals surface area contributed by atoms with Crippen LogP contribution in [0.4, 0.5) is 0 Å². The first kappa shape index (κ1) is 13.8. The first-order valence-electron chi connectivity index (χ1n) is 5.72. The molecule has 0 fully saturated rings. The second kappa shape index (κ2) is 8.80. The van der Waals surface area contributed by atoms with Gasteiger partial charge in [-0.1, -0.05) is 30.5 Å². The monoisotopic (exact) mass is 246 g/mol. The summed E-state index contributed by atoms with van der Waals surface area (Å²) < 4.78 is 0. The number of thioether (sulfide) groups is 1. The van der Waals surface area contributed by atoms with Crippen LogP contribution in [0.5, 0.6) is 0 Å². The molecular formula is C14H18N2S. The summed E-state index contributed by atoms with van der Waals surface area (Å²) in [6, 6.07) is 1.84. The zero-order chi connectivity index (χ0) is 12.3. The molecule has 0 saturated heterocycles. The van der Waals surface area contributed by atoms with E-state index in [0.717, 1.165) is 23.8 Å². The summed E-state index contributed by atoms with van der Waals surface area (Å²) in [5, 5.41) is 0.848. The van der Waals surface area contributed by atoms with Gasteiger partial charge in [0.2, 0.25) is 0 Å². The molecule has 0 bridgehead atoms. The van der Waals surface area contributed by atoms with E-state index in [1.807, 2.05) is 19.1 Å². The van der Waals surface area contributed by atoms with Crippen molar-refractivity contribution in [3.8, 4) is 0 Å². The van der Waals surface area contributed by atoms with Crippen LogP contribution in [0.3, 0.4) is 0 Å². The molecule has 0 N–H and O–H groups in total. The fraction of sp³-hybridized carbons (Fsp3) is 0.357. The van der Waals surface area contributed by atoms with Crippen LogP contribution in [0.15, 0.2) is 54.2 Å². The van der Waals surface area contributed by atoms with E-state index in [1.54, 1.807) is 24.2 Å². The van der Waals surface area contributed by atoms with Crippen LogP contribution in [0.25, 0.3) is 0 Å². The molecule has 0 aliphatic carbocycles. The van der Waals surface area contributed by atoms with Gasteiger partial charge in [0.1, 0.15) is 0 Å². The van der Waals surface area contributed by atoms with Crippen molar-refractivity contribution < 1.29 is 0 Å². The molecule has 90 valence electrons. The summed E-state index contributed by atoms with van der Waals surface area (Å²) in [6.45, 7) is 5.65. The number of hydrogen-bond donors (Lipinski definition) is 0. The third-order valence-electron chi connectivity index (χ3n) is 2.29. The van der Waals surface area contributed by atoms with E-state index in [-0.39, 0.29) is 0 Å². The Balaban J connectivity index is 2.45. The quantitative estimate of drug-likeness (QED) is 0.316. The lowest BCUT2D eigenvalue weighted by molar-refractivity contribution is 0.613. The summed E-state index contributed by atoms with van der Waals surface area (Å²) >= 11 is 1.71. The third kappa shape index (κ3) is 6.10. The lowest BCUT2D eigenvalue weighted by Crippen LogP contribution is -2.02. The van der Waals surface area contributed by atoms with Crippen molar-refractivity contribution in [2.45, 2.75) is 24.9 Å². The highest BCUT2D eigenvalue weighted by molar-refractivity contribution is 7.99. The van der Waals surface area contributed by atoms with E-state index in [2.05, 4.69) is 34.4 Å². The van der Waals surface area contributed by atoms with E-state index < -0.39 is 0 Å². The standard InChI is InChI=1S/C14H18N2S/c1-3-5-8-13(9-6-4-2)12-17-14-15-10-7-11-16-14/h4-7,10-11,13H,1,8-9,12H2,2H3/b6-4+/t13-/m0/s1. The number of nitrogens with zero attached hydrogens (tertiary/aromatic N) is 2. The minimum Gasteiger partial charge on any atom is -0.231 e. The molecule has 0 saturated carbocycles. The van der Waals surface area contributed by atoms with Crippen LogP contribution in [0, 0.1) is 5.92 Å². The van der Waals surface area contributed by atoms with Crippen molar-refractivity contribution in [2.24, 2.45) is 5.92 Å². The number of allylic oxidation sites excluding steroid dienone is 3. The lowest BCUT2D eigenvalue weighted by atomic mass is 10.0. The Labute approximate surface area is 108 Å². The Morgan fingerprint density at radius 3 is 2.82 bits per heavy atom. The minimum absolute atomic E-state index is 0.592. The predicted molar refractivity (Wildman–Crippen MR) is 74.0 cm³/mol. The van der Waals surface area contributed by atoms with Gasteiger partial charge in [-0.3, -0.25) is 0 Å². The van der Waals surface area contributed by atoms with Crippen molar-refractivity contribution in [3.63, 3.8) is 0 Å². The lowest BCUT2D eigenvalue weighted by Gasteiger charge is -2.11. The number of aromatic nitrogens is 2. The van der Waals surface area contributed by atoms with Crippen molar-refractivity contribution in [3.05, 3.63) is 49.0 Å². The van der Waals surface area contributed by atoms with Gasteiger partial charge in [-0.15, -0.1) is 5.73 Å². The maximum absolute atomic E-state index is 4.21. The summed E-state index contributed by atoms with van der Waals surface area (Å²) in [5.74, 6) is 1.61. The molecule has 0 aliphatic heterocycles. The molecule has 1 rings (SSSR count). The van der Waals surface area contributed by atoms with E-state index >= 15 is 0 Å². The van der Waals surface area contributed by atoms with Gasteiger partial charge in [-0.05, 0) is 37.8 Å². The highest BCUT2D eigenvalue weighted by Gasteiger charge is 2.07. The fourth-order valence-corrected chi connectivity index (χ4v) is 2.29. The Morgan fingerprint density at radius 1 is 1.41 bits per heavy atom. The van der Waals surface area contributed by atoms with E-state index in [4.69, 9.17) is 0 Å². The number of hydrogen-bond acceptors (Lipinski definition) is 3. The Kier molecular flexibility index (Phi) is 7.12. The maximum atomic E-state index is 4.21. The first-order chi connectivity index (χ1) is 8.36. The smallest absolute Gasteiger partial charge is 0.187 e. The normalized spacial score (nSPS) is 12.3. The topological polar surface area (TPSA) is 25.8 Å².